The first kappa shape index (κ1) is 16.8. The second-order valence-corrected chi connectivity index (χ2v) is 7.17. The highest BCUT2D eigenvalue weighted by Crippen LogP contribution is 2.31. The van der Waals surface area contributed by atoms with Crippen LogP contribution in [0, 0.1) is 0 Å². The predicted molar refractivity (Wildman–Crippen MR) is 89.3 cm³/mol. The Morgan fingerprint density at radius 1 is 1.27 bits per heavy atom. The van der Waals surface area contributed by atoms with E-state index in [1.807, 2.05) is 19.9 Å². The summed E-state index contributed by atoms with van der Waals surface area (Å²) in [6.45, 7) is 3.63. The molecule has 1 aliphatic rings. The summed E-state index contributed by atoms with van der Waals surface area (Å²) in [5.74, 6) is -0.864. The van der Waals surface area contributed by atoms with E-state index in [9.17, 15) is 9.59 Å². The highest BCUT2D eigenvalue weighted by atomic mass is 79.9. The van der Waals surface area contributed by atoms with Gasteiger partial charge in [0.15, 0.2) is 0 Å². The number of aliphatic carboxylic acids is 1. The number of carboxylic acids is 1. The van der Waals surface area contributed by atoms with Crippen LogP contribution in [0.3, 0.4) is 0 Å². The van der Waals surface area contributed by atoms with Crippen LogP contribution in [0.1, 0.15) is 44.2 Å². The number of rotatable bonds is 5. The third-order valence-electron chi connectivity index (χ3n) is 3.85. The average molecular weight is 369 g/mol. The van der Waals surface area contributed by atoms with Crippen molar-refractivity contribution in [3.8, 4) is 0 Å². The lowest BCUT2D eigenvalue weighted by Crippen LogP contribution is -2.45. The number of anilines is 1. The fraction of sp³-hybridized carbons (Fsp3) is 0.500. The zero-order valence-corrected chi connectivity index (χ0v) is 14.4. The zero-order valence-electron chi connectivity index (χ0n) is 12.8. The van der Waals surface area contributed by atoms with Crippen LogP contribution in [0.25, 0.3) is 0 Å². The molecule has 0 aliphatic heterocycles. The summed E-state index contributed by atoms with van der Waals surface area (Å²) in [5, 5.41) is 14.4. The largest absolute Gasteiger partial charge is 0.481 e. The molecule has 0 aromatic heterocycles. The standard InChI is InChI=1S/C16H21BrN2O3/c1-16(2,7-6-14(20)21)19-15(22)18-13-9-11-5-3-4-10(11)8-12(13)17/h8-9H,3-7H2,1-2H3,(H,20,21)(H2,18,19,22). The molecule has 1 aromatic rings. The molecular weight excluding hydrogens is 348 g/mol. The van der Waals surface area contributed by atoms with Gasteiger partial charge >= 0.3 is 12.0 Å². The molecule has 0 radical (unpaired) electrons. The number of aryl methyl sites for hydroxylation is 2. The number of fused-ring (bicyclic) bond motifs is 1. The molecule has 0 bridgehead atoms. The zero-order chi connectivity index (χ0) is 16.3. The minimum Gasteiger partial charge on any atom is -0.481 e. The summed E-state index contributed by atoms with van der Waals surface area (Å²) in [4.78, 5) is 22.8. The molecule has 1 aliphatic carbocycles. The molecule has 2 rings (SSSR count). The second kappa shape index (κ2) is 6.69. The van der Waals surface area contributed by atoms with Crippen LogP contribution in [-0.4, -0.2) is 22.6 Å². The van der Waals surface area contributed by atoms with Crippen molar-refractivity contribution in [3.63, 3.8) is 0 Å². The molecule has 6 heteroatoms. The SMILES string of the molecule is CC(C)(CCC(=O)O)NC(=O)Nc1cc2c(cc1Br)CCC2. The molecule has 0 fully saturated rings. The quantitative estimate of drug-likeness (QED) is 0.741. The Balaban J connectivity index is 1.99. The van der Waals surface area contributed by atoms with Crippen molar-refractivity contribution >= 4 is 33.6 Å². The number of benzene rings is 1. The Hall–Kier alpha value is -1.56. The van der Waals surface area contributed by atoms with Crippen LogP contribution in [0.5, 0.6) is 0 Å². The number of urea groups is 1. The summed E-state index contributed by atoms with van der Waals surface area (Å²) >= 11 is 3.49. The number of amides is 2. The highest BCUT2D eigenvalue weighted by Gasteiger charge is 2.22. The van der Waals surface area contributed by atoms with Gasteiger partial charge in [0, 0.05) is 16.4 Å². The van der Waals surface area contributed by atoms with Gasteiger partial charge in [0.25, 0.3) is 0 Å². The molecule has 0 spiro atoms. The monoisotopic (exact) mass is 368 g/mol. The van der Waals surface area contributed by atoms with Crippen LogP contribution in [-0.2, 0) is 17.6 Å². The first-order valence-electron chi connectivity index (χ1n) is 7.39. The Kier molecular flexibility index (Phi) is 5.11. The van der Waals surface area contributed by atoms with E-state index in [1.165, 1.54) is 11.1 Å². The lowest BCUT2D eigenvalue weighted by molar-refractivity contribution is -0.137. The minimum atomic E-state index is -0.864. The summed E-state index contributed by atoms with van der Waals surface area (Å²) in [6.07, 6.45) is 3.68. The molecule has 0 saturated carbocycles. The van der Waals surface area contributed by atoms with Crippen molar-refractivity contribution in [2.75, 3.05) is 5.32 Å². The molecule has 5 nitrogen and oxygen atoms in total. The number of hydrogen-bond acceptors (Lipinski definition) is 2. The molecule has 0 atom stereocenters. The first-order valence-corrected chi connectivity index (χ1v) is 8.18. The summed E-state index contributed by atoms with van der Waals surface area (Å²) < 4.78 is 0.867. The molecule has 22 heavy (non-hydrogen) atoms. The third-order valence-corrected chi connectivity index (χ3v) is 4.50. The summed E-state index contributed by atoms with van der Waals surface area (Å²) in [5.41, 5.74) is 2.78. The van der Waals surface area contributed by atoms with E-state index in [2.05, 4.69) is 32.6 Å². The van der Waals surface area contributed by atoms with E-state index < -0.39 is 11.5 Å². The highest BCUT2D eigenvalue weighted by molar-refractivity contribution is 9.10. The smallest absolute Gasteiger partial charge is 0.319 e. The number of carboxylic acid groups (broad SMARTS) is 1. The molecule has 120 valence electrons. The van der Waals surface area contributed by atoms with E-state index in [0.717, 1.165) is 29.4 Å². The van der Waals surface area contributed by atoms with E-state index >= 15 is 0 Å². The number of halogens is 1. The normalized spacial score (nSPS) is 13.6. The van der Waals surface area contributed by atoms with E-state index in [-0.39, 0.29) is 12.5 Å². The van der Waals surface area contributed by atoms with Crippen molar-refractivity contribution in [2.45, 2.75) is 51.5 Å². The lowest BCUT2D eigenvalue weighted by Gasteiger charge is -2.26. The molecule has 2 amide bonds. The van der Waals surface area contributed by atoms with Crippen molar-refractivity contribution in [1.29, 1.82) is 0 Å². The fourth-order valence-corrected chi connectivity index (χ4v) is 3.12. The van der Waals surface area contributed by atoms with Gasteiger partial charge in [-0.1, -0.05) is 0 Å². The van der Waals surface area contributed by atoms with Gasteiger partial charge in [-0.25, -0.2) is 4.79 Å². The first-order chi connectivity index (χ1) is 10.3. The van der Waals surface area contributed by atoms with Crippen molar-refractivity contribution in [1.82, 2.24) is 5.32 Å². The lowest BCUT2D eigenvalue weighted by atomic mass is 9.99. The van der Waals surface area contributed by atoms with Gasteiger partial charge in [0.1, 0.15) is 0 Å². The van der Waals surface area contributed by atoms with E-state index in [4.69, 9.17) is 5.11 Å². The molecule has 1 aromatic carbocycles. The van der Waals surface area contributed by atoms with E-state index in [0.29, 0.717) is 6.42 Å². The van der Waals surface area contributed by atoms with Gasteiger partial charge in [-0.2, -0.15) is 0 Å². The van der Waals surface area contributed by atoms with Crippen LogP contribution in [0.2, 0.25) is 0 Å². The van der Waals surface area contributed by atoms with Crippen LogP contribution < -0.4 is 10.6 Å². The molecule has 0 unspecified atom stereocenters. The molecular formula is C16H21BrN2O3. The van der Waals surface area contributed by atoms with Gasteiger partial charge in [-0.05, 0) is 78.7 Å². The Morgan fingerprint density at radius 3 is 2.55 bits per heavy atom. The number of carbonyl (C=O) groups is 2. The van der Waals surface area contributed by atoms with Gasteiger partial charge in [0.2, 0.25) is 0 Å². The van der Waals surface area contributed by atoms with Crippen LogP contribution in [0.4, 0.5) is 10.5 Å². The van der Waals surface area contributed by atoms with Crippen LogP contribution in [0.15, 0.2) is 16.6 Å². The maximum absolute atomic E-state index is 12.1. The predicted octanol–water partition coefficient (Wildman–Crippen LogP) is 3.70. The van der Waals surface area contributed by atoms with Crippen molar-refractivity contribution in [2.24, 2.45) is 0 Å². The Bertz CT molecular complexity index is 599. The van der Waals surface area contributed by atoms with Gasteiger partial charge in [-0.3, -0.25) is 4.79 Å². The van der Waals surface area contributed by atoms with Gasteiger partial charge in [0.05, 0.1) is 5.69 Å². The number of carbonyl (C=O) groups excluding carboxylic acids is 1. The van der Waals surface area contributed by atoms with E-state index in [1.54, 1.807) is 0 Å². The van der Waals surface area contributed by atoms with Crippen LogP contribution >= 0.6 is 15.9 Å². The van der Waals surface area contributed by atoms with Gasteiger partial charge < -0.3 is 15.7 Å². The number of hydrogen-bond donors (Lipinski definition) is 3. The average Bonchev–Trinajstić information content (AvgIpc) is 2.83. The van der Waals surface area contributed by atoms with Gasteiger partial charge in [-0.15, -0.1) is 0 Å². The number of nitrogens with one attached hydrogen (secondary N) is 2. The maximum Gasteiger partial charge on any atom is 0.319 e. The maximum atomic E-state index is 12.1. The molecule has 0 saturated heterocycles. The van der Waals surface area contributed by atoms with Crippen molar-refractivity contribution in [3.05, 3.63) is 27.7 Å². The van der Waals surface area contributed by atoms with Crippen molar-refractivity contribution < 1.29 is 14.7 Å². The fourth-order valence-electron chi connectivity index (χ4n) is 2.63. The Labute approximate surface area is 138 Å². The topological polar surface area (TPSA) is 78.4 Å². The minimum absolute atomic E-state index is 0.0236. The third kappa shape index (κ3) is 4.47. The summed E-state index contributed by atoms with van der Waals surface area (Å²) in [6, 6.07) is 3.75. The molecule has 3 N–H and O–H groups in total. The Morgan fingerprint density at radius 2 is 1.91 bits per heavy atom. The summed E-state index contributed by atoms with van der Waals surface area (Å²) in [7, 11) is 0. The second-order valence-electron chi connectivity index (χ2n) is 6.31. The molecule has 0 heterocycles.